The predicted octanol–water partition coefficient (Wildman–Crippen LogP) is 2.43. The van der Waals surface area contributed by atoms with E-state index in [0.717, 1.165) is 45.0 Å². The number of carbonyl (C=O) groups is 1. The monoisotopic (exact) mass is 448 g/mol. The van der Waals surface area contributed by atoms with Crippen molar-refractivity contribution in [3.05, 3.63) is 22.4 Å². The summed E-state index contributed by atoms with van der Waals surface area (Å²) in [6.07, 6.45) is 2.91. The minimum atomic E-state index is 0. The highest BCUT2D eigenvalue weighted by atomic mass is 127. The van der Waals surface area contributed by atoms with E-state index < -0.39 is 0 Å². The van der Waals surface area contributed by atoms with Gasteiger partial charge in [0.25, 0.3) is 0 Å². The van der Waals surface area contributed by atoms with Gasteiger partial charge in [-0.05, 0) is 42.2 Å². The van der Waals surface area contributed by atoms with E-state index in [9.17, 15) is 4.79 Å². The summed E-state index contributed by atoms with van der Waals surface area (Å²) < 4.78 is 0. The number of likely N-dealkylation sites (tertiary alicyclic amines) is 1. The normalized spacial score (nSPS) is 24.5. The third kappa shape index (κ3) is 4.59. The number of rotatable bonds is 3. The molecule has 0 radical (unpaired) electrons. The van der Waals surface area contributed by atoms with Gasteiger partial charge >= 0.3 is 0 Å². The van der Waals surface area contributed by atoms with Gasteiger partial charge in [-0.2, -0.15) is 11.3 Å². The quantitative estimate of drug-likeness (QED) is 0.425. The highest BCUT2D eigenvalue weighted by Crippen LogP contribution is 2.36. The molecule has 1 unspecified atom stereocenters. The fraction of sp³-hybridized carbons (Fsp3) is 0.625. The number of guanidine groups is 1. The molecule has 3 heterocycles. The van der Waals surface area contributed by atoms with E-state index in [1.54, 1.807) is 11.3 Å². The van der Waals surface area contributed by atoms with Gasteiger partial charge in [-0.15, -0.1) is 24.0 Å². The smallest absolute Gasteiger partial charge is 0.220 e. The number of aliphatic imine (C=N–C) groups is 1. The van der Waals surface area contributed by atoms with Gasteiger partial charge in [0.15, 0.2) is 5.96 Å². The fourth-order valence-corrected chi connectivity index (χ4v) is 4.06. The van der Waals surface area contributed by atoms with Crippen LogP contribution in [0.4, 0.5) is 0 Å². The molecule has 1 aromatic rings. The molecule has 0 bridgehead atoms. The standard InChI is InChI=1S/C16H24N4OS.HI/c1-2-17-15(18-9-13-4-7-22-10-13)20-6-3-5-16(12-20)8-14(21)19-11-16;/h4,7,10H,2-3,5-6,8-9,11-12H2,1H3,(H,17,18)(H,19,21);1H. The summed E-state index contributed by atoms with van der Waals surface area (Å²) in [5.41, 5.74) is 1.36. The van der Waals surface area contributed by atoms with E-state index in [4.69, 9.17) is 4.99 Å². The first-order valence-corrected chi connectivity index (χ1v) is 8.96. The van der Waals surface area contributed by atoms with E-state index in [2.05, 4.69) is 39.3 Å². The second-order valence-corrected chi connectivity index (χ2v) is 7.06. The first-order valence-electron chi connectivity index (χ1n) is 8.02. The lowest BCUT2D eigenvalue weighted by atomic mass is 9.79. The van der Waals surface area contributed by atoms with E-state index in [0.29, 0.717) is 13.0 Å². The molecule has 2 aliphatic rings. The number of thiophene rings is 1. The van der Waals surface area contributed by atoms with Crippen molar-refractivity contribution in [1.82, 2.24) is 15.5 Å². The summed E-state index contributed by atoms with van der Waals surface area (Å²) in [5, 5.41) is 10.6. The molecular weight excluding hydrogens is 423 g/mol. The molecule has 128 valence electrons. The Kier molecular flexibility index (Phi) is 6.70. The largest absolute Gasteiger partial charge is 0.357 e. The molecule has 2 aliphatic heterocycles. The van der Waals surface area contributed by atoms with Gasteiger partial charge in [-0.1, -0.05) is 0 Å². The van der Waals surface area contributed by atoms with Gasteiger partial charge in [0, 0.05) is 38.0 Å². The van der Waals surface area contributed by atoms with Gasteiger partial charge in [0.2, 0.25) is 5.91 Å². The van der Waals surface area contributed by atoms with Crippen molar-refractivity contribution in [2.45, 2.75) is 32.7 Å². The maximum absolute atomic E-state index is 11.6. The summed E-state index contributed by atoms with van der Waals surface area (Å²) in [5.74, 6) is 1.18. The Morgan fingerprint density at radius 2 is 2.43 bits per heavy atom. The van der Waals surface area contributed by atoms with Crippen LogP contribution in [0.1, 0.15) is 31.7 Å². The Balaban J connectivity index is 0.00000192. The van der Waals surface area contributed by atoms with Crippen LogP contribution in [0.25, 0.3) is 0 Å². The highest BCUT2D eigenvalue weighted by molar-refractivity contribution is 14.0. The molecule has 3 rings (SSSR count). The molecular formula is C16H25IN4OS. The summed E-state index contributed by atoms with van der Waals surface area (Å²) >= 11 is 1.71. The van der Waals surface area contributed by atoms with Crippen molar-refractivity contribution in [2.24, 2.45) is 10.4 Å². The SMILES string of the molecule is CCNC(=NCc1ccsc1)N1CCCC2(CNC(=O)C2)C1.I. The molecule has 0 saturated carbocycles. The predicted molar refractivity (Wildman–Crippen MR) is 105 cm³/mol. The number of carbonyl (C=O) groups excluding carboxylic acids is 1. The van der Waals surface area contributed by atoms with Crippen LogP contribution >= 0.6 is 35.3 Å². The lowest BCUT2D eigenvalue weighted by Gasteiger charge is -2.40. The first kappa shape index (κ1) is 18.5. The van der Waals surface area contributed by atoms with Crippen LogP contribution in [0, 0.1) is 5.41 Å². The number of amides is 1. The van der Waals surface area contributed by atoms with Crippen molar-refractivity contribution >= 4 is 47.2 Å². The summed E-state index contributed by atoms with van der Waals surface area (Å²) in [6, 6.07) is 2.12. The zero-order valence-electron chi connectivity index (χ0n) is 13.5. The summed E-state index contributed by atoms with van der Waals surface area (Å²) in [4.78, 5) is 18.7. The van der Waals surface area contributed by atoms with Crippen LogP contribution in [-0.4, -0.2) is 42.9 Å². The zero-order valence-corrected chi connectivity index (χ0v) is 16.7. The topological polar surface area (TPSA) is 56.7 Å². The highest BCUT2D eigenvalue weighted by Gasteiger charge is 2.42. The van der Waals surface area contributed by atoms with Crippen LogP contribution < -0.4 is 10.6 Å². The van der Waals surface area contributed by atoms with E-state index >= 15 is 0 Å². The van der Waals surface area contributed by atoms with Gasteiger partial charge < -0.3 is 15.5 Å². The van der Waals surface area contributed by atoms with E-state index in [1.807, 2.05) is 0 Å². The molecule has 0 aromatic carbocycles. The Morgan fingerprint density at radius 1 is 1.57 bits per heavy atom. The summed E-state index contributed by atoms with van der Waals surface area (Å²) in [7, 11) is 0. The van der Waals surface area contributed by atoms with Crippen molar-refractivity contribution < 1.29 is 4.79 Å². The first-order chi connectivity index (χ1) is 10.7. The molecule has 5 nitrogen and oxygen atoms in total. The van der Waals surface area contributed by atoms with Crippen LogP contribution in [0.3, 0.4) is 0 Å². The number of hydrogen-bond donors (Lipinski definition) is 2. The molecule has 7 heteroatoms. The lowest BCUT2D eigenvalue weighted by Crippen LogP contribution is -2.51. The molecule has 23 heavy (non-hydrogen) atoms. The lowest BCUT2D eigenvalue weighted by molar-refractivity contribution is -0.119. The molecule has 1 spiro atoms. The second-order valence-electron chi connectivity index (χ2n) is 6.28. The van der Waals surface area contributed by atoms with Crippen LogP contribution in [0.15, 0.2) is 21.8 Å². The van der Waals surface area contributed by atoms with Crippen molar-refractivity contribution in [1.29, 1.82) is 0 Å². The molecule has 1 aromatic heterocycles. The maximum atomic E-state index is 11.6. The minimum absolute atomic E-state index is 0. The van der Waals surface area contributed by atoms with Crippen molar-refractivity contribution in [3.8, 4) is 0 Å². The van der Waals surface area contributed by atoms with Gasteiger partial charge in [0.05, 0.1) is 6.54 Å². The molecule has 2 saturated heterocycles. The van der Waals surface area contributed by atoms with Crippen molar-refractivity contribution in [3.63, 3.8) is 0 Å². The average Bonchev–Trinajstić information content (AvgIpc) is 3.14. The van der Waals surface area contributed by atoms with Gasteiger partial charge in [0.1, 0.15) is 0 Å². The number of halogens is 1. The van der Waals surface area contributed by atoms with Gasteiger partial charge in [-0.25, -0.2) is 4.99 Å². The Labute approximate surface area is 158 Å². The van der Waals surface area contributed by atoms with Crippen LogP contribution in [0.5, 0.6) is 0 Å². The summed E-state index contributed by atoms with van der Waals surface area (Å²) in [6.45, 7) is 6.43. The molecule has 0 aliphatic carbocycles. The van der Waals surface area contributed by atoms with Crippen LogP contribution in [-0.2, 0) is 11.3 Å². The Hall–Kier alpha value is -0.830. The molecule has 1 atom stereocenters. The third-order valence-corrected chi connectivity index (χ3v) is 5.22. The Morgan fingerprint density at radius 3 is 3.09 bits per heavy atom. The number of piperidine rings is 1. The zero-order chi connectivity index (χ0) is 15.4. The van der Waals surface area contributed by atoms with Crippen molar-refractivity contribution in [2.75, 3.05) is 26.2 Å². The number of hydrogen-bond acceptors (Lipinski definition) is 3. The van der Waals surface area contributed by atoms with Crippen LogP contribution in [0.2, 0.25) is 0 Å². The average molecular weight is 448 g/mol. The fourth-order valence-electron chi connectivity index (χ4n) is 3.40. The third-order valence-electron chi connectivity index (χ3n) is 4.48. The number of nitrogens with zero attached hydrogens (tertiary/aromatic N) is 2. The van der Waals surface area contributed by atoms with E-state index in [1.165, 1.54) is 5.56 Å². The minimum Gasteiger partial charge on any atom is -0.357 e. The number of nitrogens with one attached hydrogen (secondary N) is 2. The van der Waals surface area contributed by atoms with Gasteiger partial charge in [-0.3, -0.25) is 4.79 Å². The molecule has 2 N–H and O–H groups in total. The van der Waals surface area contributed by atoms with E-state index in [-0.39, 0.29) is 35.3 Å². The Bertz CT molecular complexity index is 548. The second kappa shape index (κ2) is 8.32. The maximum Gasteiger partial charge on any atom is 0.220 e. The molecule has 1 amide bonds. The molecule has 2 fully saturated rings.